The van der Waals surface area contributed by atoms with Gasteiger partial charge in [0.1, 0.15) is 23.3 Å². The van der Waals surface area contributed by atoms with Crippen LogP contribution >= 0.6 is 11.8 Å². The van der Waals surface area contributed by atoms with Gasteiger partial charge in [-0.05, 0) is 48.6 Å². The molecule has 0 saturated carbocycles. The Hall–Kier alpha value is -3.03. The average molecular weight is 350 g/mol. The lowest BCUT2D eigenvalue weighted by Gasteiger charge is -2.07. The highest BCUT2D eigenvalue weighted by molar-refractivity contribution is 7.99. The van der Waals surface area contributed by atoms with Crippen molar-refractivity contribution in [2.24, 2.45) is 0 Å². The average Bonchev–Trinajstić information content (AvgIpc) is 3.07. The maximum absolute atomic E-state index is 12.2. The molecule has 7 heteroatoms. The van der Waals surface area contributed by atoms with Crippen molar-refractivity contribution in [1.29, 1.82) is 10.5 Å². The van der Waals surface area contributed by atoms with Crippen molar-refractivity contribution in [3.8, 4) is 12.1 Å². The molecule has 1 aliphatic carbocycles. The van der Waals surface area contributed by atoms with Crippen molar-refractivity contribution in [1.82, 2.24) is 0 Å². The first-order valence-corrected chi connectivity index (χ1v) is 8.79. The number of benzene rings is 1. The molecular weight excluding hydrogens is 334 g/mol. The van der Waals surface area contributed by atoms with E-state index in [-0.39, 0.29) is 23.0 Å². The minimum Gasteiger partial charge on any atom is -0.325 e. The van der Waals surface area contributed by atoms with Gasteiger partial charge in [0, 0.05) is 5.69 Å². The number of aromatic amines is 1. The number of nitrogens with one attached hydrogen (secondary N) is 2. The monoisotopic (exact) mass is 350 g/mol. The van der Waals surface area contributed by atoms with E-state index in [1.165, 1.54) is 29.0 Å². The number of nitrogen functional groups attached to an aromatic ring is 1. The maximum Gasteiger partial charge on any atom is 0.289 e. The number of hydrogen-bond acceptors (Lipinski definition) is 5. The first-order valence-electron chi connectivity index (χ1n) is 7.81. The maximum atomic E-state index is 12.2. The Balaban J connectivity index is 1.66. The number of amides is 1. The van der Waals surface area contributed by atoms with Crippen LogP contribution < -0.4 is 16.0 Å². The number of carbonyl (C=O) groups excluding carboxylic acids is 1. The highest BCUT2D eigenvalue weighted by atomic mass is 32.2. The van der Waals surface area contributed by atoms with Crippen molar-refractivity contribution in [2.45, 2.75) is 24.3 Å². The molecule has 0 atom stereocenters. The lowest BCUT2D eigenvalue weighted by atomic mass is 10.1. The molecule has 0 unspecified atom stereocenters. The Morgan fingerprint density at radius 1 is 1.20 bits per heavy atom. The molecule has 1 aliphatic rings. The van der Waals surface area contributed by atoms with Gasteiger partial charge in [-0.2, -0.15) is 10.5 Å². The molecule has 1 amide bonds. The quantitative estimate of drug-likeness (QED) is 0.818. The van der Waals surface area contributed by atoms with Gasteiger partial charge in [-0.15, -0.1) is 0 Å². The molecule has 4 N–H and O–H groups in total. The number of aromatic nitrogens is 1. The van der Waals surface area contributed by atoms with E-state index in [4.69, 9.17) is 11.0 Å². The molecule has 0 bridgehead atoms. The van der Waals surface area contributed by atoms with Gasteiger partial charge in [0.05, 0.1) is 5.75 Å². The molecule has 0 aliphatic heterocycles. The number of nitrogens with zero attached hydrogens (tertiary/aromatic N) is 2. The number of rotatable bonds is 4. The van der Waals surface area contributed by atoms with Gasteiger partial charge in [0.2, 0.25) is 5.91 Å². The summed E-state index contributed by atoms with van der Waals surface area (Å²) in [6.07, 6.45) is 3.32. The fourth-order valence-electron chi connectivity index (χ4n) is 2.82. The zero-order chi connectivity index (χ0) is 17.8. The highest BCUT2D eigenvalue weighted by Crippen LogP contribution is 2.25. The van der Waals surface area contributed by atoms with Crippen molar-refractivity contribution >= 4 is 29.2 Å². The van der Waals surface area contributed by atoms with Crippen LogP contribution in [0.4, 0.5) is 11.5 Å². The van der Waals surface area contributed by atoms with E-state index in [1.54, 1.807) is 0 Å². The zero-order valence-corrected chi connectivity index (χ0v) is 14.2. The first-order chi connectivity index (χ1) is 12.1. The van der Waals surface area contributed by atoms with Crippen molar-refractivity contribution in [3.05, 3.63) is 46.5 Å². The van der Waals surface area contributed by atoms with Crippen LogP contribution in [-0.4, -0.2) is 11.7 Å². The Morgan fingerprint density at radius 2 is 1.96 bits per heavy atom. The van der Waals surface area contributed by atoms with Crippen molar-refractivity contribution in [3.63, 3.8) is 0 Å². The number of aryl methyl sites for hydroxylation is 2. The zero-order valence-electron chi connectivity index (χ0n) is 13.4. The Bertz CT molecular complexity index is 926. The molecule has 0 saturated heterocycles. The summed E-state index contributed by atoms with van der Waals surface area (Å²) >= 11 is 1.18. The number of hydrogen-bond donors (Lipinski definition) is 2. The third-order valence-electron chi connectivity index (χ3n) is 4.04. The topological polar surface area (TPSA) is 117 Å². The molecule has 0 radical (unpaired) electrons. The number of nitrogens with two attached hydrogens (primary N) is 1. The molecule has 1 aromatic carbocycles. The molecule has 0 spiro atoms. The van der Waals surface area contributed by atoms with Crippen LogP contribution in [-0.2, 0) is 17.6 Å². The van der Waals surface area contributed by atoms with Gasteiger partial charge in [-0.25, -0.2) is 4.98 Å². The fraction of sp³-hybridized carbons (Fsp3) is 0.222. The Labute approximate surface area is 149 Å². The van der Waals surface area contributed by atoms with E-state index in [1.807, 2.05) is 24.3 Å². The second-order valence-corrected chi connectivity index (χ2v) is 6.72. The fourth-order valence-corrected chi connectivity index (χ4v) is 3.61. The second kappa shape index (κ2) is 7.25. The summed E-state index contributed by atoms with van der Waals surface area (Å²) in [5.74, 6) is 0.152. The van der Waals surface area contributed by atoms with Crippen LogP contribution in [0.1, 0.15) is 28.7 Å². The van der Waals surface area contributed by atoms with Gasteiger partial charge >= 0.3 is 0 Å². The third kappa shape index (κ3) is 3.73. The molecule has 2 aromatic rings. The number of fused-ring (bicyclic) bond motifs is 1. The summed E-state index contributed by atoms with van der Waals surface area (Å²) in [4.78, 5) is 15.0. The van der Waals surface area contributed by atoms with Crippen molar-refractivity contribution in [2.75, 3.05) is 16.8 Å². The van der Waals surface area contributed by atoms with Gasteiger partial charge < -0.3 is 5.32 Å². The van der Waals surface area contributed by atoms with Crippen LogP contribution in [0.2, 0.25) is 0 Å². The highest BCUT2D eigenvalue weighted by Gasteiger charge is 2.16. The number of thioether (sulfide) groups is 1. The predicted octanol–water partition coefficient (Wildman–Crippen LogP) is 2.05. The summed E-state index contributed by atoms with van der Waals surface area (Å²) in [6, 6.07) is 11.4. The SMILES string of the molecule is N#Cc1cc(C#N)c(SCC(=O)Nc2ccc3c(c2)CCC3)[nH+]c1N. The summed E-state index contributed by atoms with van der Waals surface area (Å²) in [5.41, 5.74) is 9.68. The summed E-state index contributed by atoms with van der Waals surface area (Å²) in [6.45, 7) is 0. The number of nitriles is 2. The number of carbonyl (C=O) groups is 1. The molecule has 124 valence electrons. The Kier molecular flexibility index (Phi) is 4.87. The van der Waals surface area contributed by atoms with Crippen molar-refractivity contribution < 1.29 is 9.78 Å². The van der Waals surface area contributed by atoms with E-state index in [9.17, 15) is 10.1 Å². The Morgan fingerprint density at radius 3 is 2.72 bits per heavy atom. The standard InChI is InChI=1S/C18H15N5OS/c19-8-13-6-14(9-20)18(23-17(13)21)25-10-16(24)22-15-5-4-11-2-1-3-12(11)7-15/h4-7H,1-3,10H2,(H2,21,23)(H,22,24)/p+1. The van der Waals surface area contributed by atoms with E-state index < -0.39 is 0 Å². The number of pyridine rings is 1. The molecular formula is C18H16N5OS+. The van der Waals surface area contributed by atoms with Crippen LogP contribution in [0.15, 0.2) is 29.3 Å². The van der Waals surface area contributed by atoms with E-state index in [2.05, 4.69) is 16.4 Å². The molecule has 3 rings (SSSR count). The lowest BCUT2D eigenvalue weighted by Crippen LogP contribution is -2.19. The van der Waals surface area contributed by atoms with Gasteiger partial charge in [0.15, 0.2) is 5.03 Å². The largest absolute Gasteiger partial charge is 0.325 e. The van der Waals surface area contributed by atoms with Gasteiger partial charge in [-0.1, -0.05) is 17.8 Å². The molecule has 1 heterocycles. The summed E-state index contributed by atoms with van der Waals surface area (Å²) < 4.78 is 0. The molecule has 1 aromatic heterocycles. The normalized spacial score (nSPS) is 12.1. The predicted molar refractivity (Wildman–Crippen MR) is 94.7 cm³/mol. The minimum atomic E-state index is -0.164. The smallest absolute Gasteiger partial charge is 0.289 e. The van der Waals surface area contributed by atoms with Crippen LogP contribution in [0.3, 0.4) is 0 Å². The number of anilines is 2. The third-order valence-corrected chi connectivity index (χ3v) is 5.06. The van der Waals surface area contributed by atoms with Gasteiger partial charge in [0.25, 0.3) is 5.82 Å². The first kappa shape index (κ1) is 16.8. The molecule has 0 fully saturated rings. The minimum absolute atomic E-state index is 0.133. The van der Waals surface area contributed by atoms with E-state index >= 15 is 0 Å². The lowest BCUT2D eigenvalue weighted by molar-refractivity contribution is -0.410. The van der Waals surface area contributed by atoms with Crippen LogP contribution in [0, 0.1) is 22.7 Å². The van der Waals surface area contributed by atoms with Crippen LogP contribution in [0.5, 0.6) is 0 Å². The van der Waals surface area contributed by atoms with Crippen LogP contribution in [0.25, 0.3) is 0 Å². The van der Waals surface area contributed by atoms with E-state index in [0.29, 0.717) is 10.6 Å². The second-order valence-electron chi connectivity index (χ2n) is 5.74. The van der Waals surface area contributed by atoms with Gasteiger partial charge in [-0.3, -0.25) is 10.5 Å². The van der Waals surface area contributed by atoms with E-state index in [0.717, 1.165) is 24.9 Å². The molecule has 6 nitrogen and oxygen atoms in total. The number of H-pyrrole nitrogens is 1. The summed E-state index contributed by atoms with van der Waals surface area (Å²) in [7, 11) is 0. The molecule has 25 heavy (non-hydrogen) atoms. The summed E-state index contributed by atoms with van der Waals surface area (Å²) in [5, 5.41) is 21.5.